The highest BCUT2D eigenvalue weighted by Gasteiger charge is 2.29. The molecule has 1 aliphatic heterocycles. The number of nitrogens with zero attached hydrogens (tertiary/aromatic N) is 3. The van der Waals surface area contributed by atoms with Crippen LogP contribution in [0.25, 0.3) is 0 Å². The summed E-state index contributed by atoms with van der Waals surface area (Å²) < 4.78 is 4.86. The van der Waals surface area contributed by atoms with Crippen LogP contribution in [0.5, 0.6) is 0 Å². The summed E-state index contributed by atoms with van der Waals surface area (Å²) in [4.78, 5) is 36.4. The SMILES string of the molecule is COC(=O)c1c(NC(=O)C2CCCN(c3ncccn3)C2)sc(C)c1C. The van der Waals surface area contributed by atoms with Crippen LogP contribution < -0.4 is 10.2 Å². The predicted octanol–water partition coefficient (Wildman–Crippen LogP) is 2.80. The maximum atomic E-state index is 12.8. The Labute approximate surface area is 156 Å². The number of esters is 1. The number of carbonyl (C=O) groups excluding carboxylic acids is 2. The smallest absolute Gasteiger partial charge is 0.341 e. The Morgan fingerprint density at radius 3 is 2.73 bits per heavy atom. The number of nitrogens with one attached hydrogen (secondary N) is 1. The lowest BCUT2D eigenvalue weighted by Gasteiger charge is -2.31. The number of amides is 1. The van der Waals surface area contributed by atoms with Gasteiger partial charge in [-0.25, -0.2) is 14.8 Å². The number of thiophene rings is 1. The fraction of sp³-hybridized carbons (Fsp3) is 0.444. The minimum absolute atomic E-state index is 0.0861. The van der Waals surface area contributed by atoms with Crippen molar-refractivity contribution in [3.63, 3.8) is 0 Å². The van der Waals surface area contributed by atoms with Gasteiger partial charge in [0, 0.05) is 30.4 Å². The topological polar surface area (TPSA) is 84.4 Å². The molecule has 0 aliphatic carbocycles. The molecule has 8 heteroatoms. The van der Waals surface area contributed by atoms with Crippen molar-refractivity contribution in [2.45, 2.75) is 26.7 Å². The molecule has 0 radical (unpaired) electrons. The average molecular weight is 374 g/mol. The Balaban J connectivity index is 1.74. The molecule has 0 aromatic carbocycles. The second kappa shape index (κ2) is 7.82. The number of piperidine rings is 1. The van der Waals surface area contributed by atoms with Gasteiger partial charge in [-0.1, -0.05) is 0 Å². The molecule has 1 fully saturated rings. The summed E-state index contributed by atoms with van der Waals surface area (Å²) in [7, 11) is 1.35. The van der Waals surface area contributed by atoms with E-state index in [0.717, 1.165) is 29.8 Å². The monoisotopic (exact) mass is 374 g/mol. The lowest BCUT2D eigenvalue weighted by molar-refractivity contribution is -0.120. The molecule has 3 heterocycles. The van der Waals surface area contributed by atoms with E-state index < -0.39 is 5.97 Å². The molecule has 2 aromatic heterocycles. The largest absolute Gasteiger partial charge is 0.465 e. The van der Waals surface area contributed by atoms with E-state index in [-0.39, 0.29) is 11.8 Å². The standard InChI is InChI=1S/C18H22N4O3S/c1-11-12(2)26-16(14(11)17(24)25-3)21-15(23)13-6-4-9-22(10-13)18-19-7-5-8-20-18/h5,7-8,13H,4,6,9-10H2,1-3H3,(H,21,23). The van der Waals surface area contributed by atoms with Gasteiger partial charge in [0.1, 0.15) is 5.00 Å². The molecule has 26 heavy (non-hydrogen) atoms. The van der Waals surface area contributed by atoms with Crippen LogP contribution >= 0.6 is 11.3 Å². The molecule has 1 amide bonds. The zero-order valence-electron chi connectivity index (χ0n) is 15.1. The van der Waals surface area contributed by atoms with Crippen LogP contribution in [0.3, 0.4) is 0 Å². The first-order valence-corrected chi connectivity index (χ1v) is 9.34. The van der Waals surface area contributed by atoms with Gasteiger partial charge >= 0.3 is 5.97 Å². The summed E-state index contributed by atoms with van der Waals surface area (Å²) in [6.45, 7) is 5.19. The van der Waals surface area contributed by atoms with Crippen molar-refractivity contribution in [3.8, 4) is 0 Å². The zero-order chi connectivity index (χ0) is 18.7. The van der Waals surface area contributed by atoms with E-state index in [4.69, 9.17) is 4.74 Å². The maximum absolute atomic E-state index is 12.8. The van der Waals surface area contributed by atoms with E-state index in [1.54, 1.807) is 18.5 Å². The third-order valence-electron chi connectivity index (χ3n) is 4.64. The third-order valence-corrected chi connectivity index (χ3v) is 5.76. The Morgan fingerprint density at radius 2 is 2.04 bits per heavy atom. The van der Waals surface area contributed by atoms with Gasteiger partial charge in [0.15, 0.2) is 0 Å². The summed E-state index contributed by atoms with van der Waals surface area (Å²) in [6.07, 6.45) is 5.09. The van der Waals surface area contributed by atoms with E-state index in [0.29, 0.717) is 23.1 Å². The summed E-state index contributed by atoms with van der Waals surface area (Å²) in [5.41, 5.74) is 1.29. The summed E-state index contributed by atoms with van der Waals surface area (Å²) in [5, 5.41) is 3.50. The molecular formula is C18H22N4O3S. The molecule has 0 bridgehead atoms. The first kappa shape index (κ1) is 18.3. The number of methoxy groups -OCH3 is 1. The van der Waals surface area contributed by atoms with Crippen molar-refractivity contribution in [1.82, 2.24) is 9.97 Å². The Bertz CT molecular complexity index is 806. The van der Waals surface area contributed by atoms with E-state index in [1.165, 1.54) is 18.4 Å². The molecule has 7 nitrogen and oxygen atoms in total. The van der Waals surface area contributed by atoms with Crippen molar-refractivity contribution < 1.29 is 14.3 Å². The average Bonchev–Trinajstić information content (AvgIpc) is 2.95. The van der Waals surface area contributed by atoms with Crippen LogP contribution in [0.15, 0.2) is 18.5 Å². The first-order chi connectivity index (χ1) is 12.5. The van der Waals surface area contributed by atoms with E-state index in [1.807, 2.05) is 18.7 Å². The molecule has 3 rings (SSSR count). The number of anilines is 2. The highest BCUT2D eigenvalue weighted by Crippen LogP contribution is 2.33. The Kier molecular flexibility index (Phi) is 5.51. The predicted molar refractivity (Wildman–Crippen MR) is 101 cm³/mol. The molecule has 1 unspecified atom stereocenters. The third kappa shape index (κ3) is 3.70. The molecule has 2 aromatic rings. The number of carbonyl (C=O) groups is 2. The van der Waals surface area contributed by atoms with Gasteiger partial charge in [-0.15, -0.1) is 11.3 Å². The molecule has 0 saturated carbocycles. The number of ether oxygens (including phenoxy) is 1. The lowest BCUT2D eigenvalue weighted by atomic mass is 9.97. The van der Waals surface area contributed by atoms with Gasteiger partial charge in [-0.2, -0.15) is 0 Å². The maximum Gasteiger partial charge on any atom is 0.341 e. The normalized spacial score (nSPS) is 17.0. The quantitative estimate of drug-likeness (QED) is 0.829. The number of aromatic nitrogens is 2. The van der Waals surface area contributed by atoms with Gasteiger partial charge < -0.3 is 15.0 Å². The van der Waals surface area contributed by atoms with Gasteiger partial charge in [-0.3, -0.25) is 4.79 Å². The number of hydrogen-bond acceptors (Lipinski definition) is 7. The van der Waals surface area contributed by atoms with Crippen LogP contribution in [-0.2, 0) is 9.53 Å². The van der Waals surface area contributed by atoms with E-state index in [2.05, 4.69) is 15.3 Å². The second-order valence-electron chi connectivity index (χ2n) is 6.30. The lowest BCUT2D eigenvalue weighted by Crippen LogP contribution is -2.41. The number of aryl methyl sites for hydroxylation is 1. The fourth-order valence-electron chi connectivity index (χ4n) is 3.10. The van der Waals surface area contributed by atoms with Crippen molar-refractivity contribution in [1.29, 1.82) is 0 Å². The molecular weight excluding hydrogens is 352 g/mol. The zero-order valence-corrected chi connectivity index (χ0v) is 15.9. The van der Waals surface area contributed by atoms with E-state index in [9.17, 15) is 9.59 Å². The van der Waals surface area contributed by atoms with Crippen LogP contribution in [0, 0.1) is 19.8 Å². The minimum atomic E-state index is -0.426. The van der Waals surface area contributed by atoms with Gasteiger partial charge in [0.2, 0.25) is 11.9 Å². The van der Waals surface area contributed by atoms with Crippen LogP contribution in [0.4, 0.5) is 10.9 Å². The van der Waals surface area contributed by atoms with Gasteiger partial charge in [-0.05, 0) is 38.3 Å². The van der Waals surface area contributed by atoms with Crippen LogP contribution in [0.1, 0.15) is 33.6 Å². The molecule has 1 atom stereocenters. The summed E-state index contributed by atoms with van der Waals surface area (Å²) in [6, 6.07) is 1.77. The minimum Gasteiger partial charge on any atom is -0.465 e. The van der Waals surface area contributed by atoms with Crippen LogP contribution in [0.2, 0.25) is 0 Å². The Morgan fingerprint density at radius 1 is 1.31 bits per heavy atom. The van der Waals surface area contributed by atoms with Crippen molar-refractivity contribution in [2.75, 3.05) is 30.4 Å². The highest BCUT2D eigenvalue weighted by molar-refractivity contribution is 7.16. The van der Waals surface area contributed by atoms with Crippen LogP contribution in [-0.4, -0.2) is 42.0 Å². The fourth-order valence-corrected chi connectivity index (χ4v) is 4.16. The Hall–Kier alpha value is -2.48. The molecule has 1 saturated heterocycles. The summed E-state index contributed by atoms with van der Waals surface area (Å²) in [5.74, 6) is -0.0500. The van der Waals surface area contributed by atoms with Crippen molar-refractivity contribution in [3.05, 3.63) is 34.5 Å². The number of rotatable bonds is 4. The van der Waals surface area contributed by atoms with Gasteiger partial charge in [0.05, 0.1) is 18.6 Å². The van der Waals surface area contributed by atoms with Crippen molar-refractivity contribution >= 4 is 34.2 Å². The van der Waals surface area contributed by atoms with Gasteiger partial charge in [0.25, 0.3) is 0 Å². The summed E-state index contributed by atoms with van der Waals surface area (Å²) >= 11 is 1.40. The molecule has 1 aliphatic rings. The molecule has 138 valence electrons. The number of hydrogen-bond donors (Lipinski definition) is 1. The highest BCUT2D eigenvalue weighted by atomic mass is 32.1. The van der Waals surface area contributed by atoms with E-state index >= 15 is 0 Å². The second-order valence-corrected chi connectivity index (χ2v) is 7.53. The van der Waals surface area contributed by atoms with Crippen molar-refractivity contribution in [2.24, 2.45) is 5.92 Å². The molecule has 1 N–H and O–H groups in total. The first-order valence-electron chi connectivity index (χ1n) is 8.52. The molecule has 0 spiro atoms.